The van der Waals surface area contributed by atoms with Crippen molar-refractivity contribution in [3.63, 3.8) is 0 Å². The van der Waals surface area contributed by atoms with Crippen molar-refractivity contribution in [2.24, 2.45) is 5.92 Å². The van der Waals surface area contributed by atoms with Gasteiger partial charge < -0.3 is 9.84 Å². The van der Waals surface area contributed by atoms with Gasteiger partial charge in [0.05, 0.1) is 5.92 Å². The lowest BCUT2D eigenvalue weighted by atomic mass is 9.91. The van der Waals surface area contributed by atoms with E-state index in [0.29, 0.717) is 11.3 Å². The van der Waals surface area contributed by atoms with Gasteiger partial charge in [0.2, 0.25) is 0 Å². The van der Waals surface area contributed by atoms with Crippen molar-refractivity contribution in [3.05, 3.63) is 23.8 Å². The minimum atomic E-state index is -0.0363. The molecule has 3 rings (SSSR count). The number of hydrogen-bond acceptors (Lipinski definition) is 3. The fourth-order valence-electron chi connectivity index (χ4n) is 2.58. The predicted octanol–water partition coefficient (Wildman–Crippen LogP) is 2.14. The first-order chi connectivity index (χ1) is 7.27. The molecular weight excluding hydrogens is 192 g/mol. The van der Waals surface area contributed by atoms with Crippen LogP contribution in [-0.2, 0) is 0 Å². The first-order valence-corrected chi connectivity index (χ1v) is 5.30. The molecule has 0 bridgehead atoms. The molecule has 78 valence electrons. The molecule has 2 aliphatic rings. The molecule has 1 saturated carbocycles. The minimum Gasteiger partial charge on any atom is -0.507 e. The summed E-state index contributed by atoms with van der Waals surface area (Å²) in [7, 11) is 0. The van der Waals surface area contributed by atoms with Gasteiger partial charge in [-0.3, -0.25) is 4.79 Å². The van der Waals surface area contributed by atoms with Crippen molar-refractivity contribution in [2.75, 3.05) is 0 Å². The van der Waals surface area contributed by atoms with Crippen LogP contribution in [0.15, 0.2) is 18.2 Å². The van der Waals surface area contributed by atoms with Gasteiger partial charge in [-0.2, -0.15) is 0 Å². The van der Waals surface area contributed by atoms with Crippen LogP contribution >= 0.6 is 0 Å². The number of ketones is 1. The largest absolute Gasteiger partial charge is 0.507 e. The van der Waals surface area contributed by atoms with Gasteiger partial charge in [0, 0.05) is 0 Å². The molecule has 3 nitrogen and oxygen atoms in total. The molecule has 0 saturated heterocycles. The van der Waals surface area contributed by atoms with Gasteiger partial charge in [-0.25, -0.2) is 0 Å². The topological polar surface area (TPSA) is 46.5 Å². The fraction of sp³-hybridized carbons (Fsp3) is 0.417. The summed E-state index contributed by atoms with van der Waals surface area (Å²) in [6, 6.07) is 4.99. The molecule has 1 aromatic carbocycles. The van der Waals surface area contributed by atoms with E-state index >= 15 is 0 Å². The van der Waals surface area contributed by atoms with E-state index < -0.39 is 0 Å². The van der Waals surface area contributed by atoms with E-state index in [1.807, 2.05) is 0 Å². The van der Waals surface area contributed by atoms with Crippen LogP contribution in [-0.4, -0.2) is 17.0 Å². The number of rotatable bonds is 0. The SMILES string of the molecule is O=C1c2c(O)cccc2O[C@@H]2CCC[C@H]12. The molecular formula is C12H12O3. The van der Waals surface area contributed by atoms with Crippen LogP contribution in [0.25, 0.3) is 0 Å². The predicted molar refractivity (Wildman–Crippen MR) is 54.2 cm³/mol. The molecule has 0 unspecified atom stereocenters. The highest BCUT2D eigenvalue weighted by Crippen LogP contribution is 2.42. The van der Waals surface area contributed by atoms with Gasteiger partial charge in [-0.1, -0.05) is 6.07 Å². The number of Topliss-reactive ketones (excluding diaryl/α,β-unsaturated/α-hetero) is 1. The normalized spacial score (nSPS) is 28.1. The van der Waals surface area contributed by atoms with Crippen LogP contribution < -0.4 is 4.74 Å². The smallest absolute Gasteiger partial charge is 0.177 e. The average Bonchev–Trinajstić information content (AvgIpc) is 2.66. The van der Waals surface area contributed by atoms with Crippen LogP contribution in [0.2, 0.25) is 0 Å². The molecule has 0 amide bonds. The van der Waals surface area contributed by atoms with Gasteiger partial charge >= 0.3 is 0 Å². The minimum absolute atomic E-state index is 0.0341. The van der Waals surface area contributed by atoms with Crippen LogP contribution in [0.1, 0.15) is 29.6 Å². The van der Waals surface area contributed by atoms with E-state index in [0.717, 1.165) is 19.3 Å². The van der Waals surface area contributed by atoms with Gasteiger partial charge in [0.25, 0.3) is 0 Å². The molecule has 1 fully saturated rings. The zero-order valence-corrected chi connectivity index (χ0v) is 8.27. The molecule has 15 heavy (non-hydrogen) atoms. The number of carbonyl (C=O) groups is 1. The highest BCUT2D eigenvalue weighted by atomic mass is 16.5. The van der Waals surface area contributed by atoms with E-state index in [9.17, 15) is 9.90 Å². The van der Waals surface area contributed by atoms with Gasteiger partial charge in [-0.15, -0.1) is 0 Å². The number of carbonyl (C=O) groups excluding carboxylic acids is 1. The standard InChI is InChI=1S/C12H12O3/c13-8-4-2-6-10-11(8)12(14)7-3-1-5-9(7)15-10/h2,4,6-7,9,13H,1,3,5H2/t7-,9+/m0/s1. The Morgan fingerprint density at radius 1 is 1.33 bits per heavy atom. The lowest BCUT2D eigenvalue weighted by molar-refractivity contribution is 0.0725. The molecule has 0 aromatic heterocycles. The summed E-state index contributed by atoms with van der Waals surface area (Å²) in [5.41, 5.74) is 0.376. The van der Waals surface area contributed by atoms with Crippen molar-refractivity contribution in [2.45, 2.75) is 25.4 Å². The Bertz CT molecular complexity index is 425. The summed E-state index contributed by atoms with van der Waals surface area (Å²) < 4.78 is 5.73. The monoisotopic (exact) mass is 204 g/mol. The number of phenolic OH excluding ortho intramolecular Hbond substituents is 1. The molecule has 1 heterocycles. The second-order valence-electron chi connectivity index (χ2n) is 4.21. The molecule has 1 aromatic rings. The highest BCUT2D eigenvalue weighted by molar-refractivity contribution is 6.04. The van der Waals surface area contributed by atoms with Crippen molar-refractivity contribution in [1.29, 1.82) is 0 Å². The molecule has 0 radical (unpaired) electrons. The van der Waals surface area contributed by atoms with E-state index in [-0.39, 0.29) is 23.6 Å². The van der Waals surface area contributed by atoms with E-state index in [1.54, 1.807) is 12.1 Å². The summed E-state index contributed by atoms with van der Waals surface area (Å²) in [5.74, 6) is 0.605. The Morgan fingerprint density at radius 3 is 3.07 bits per heavy atom. The number of fused-ring (bicyclic) bond motifs is 2. The average molecular weight is 204 g/mol. The third kappa shape index (κ3) is 1.16. The van der Waals surface area contributed by atoms with E-state index in [4.69, 9.17) is 4.74 Å². The molecule has 1 N–H and O–H groups in total. The maximum atomic E-state index is 12.1. The molecule has 3 heteroatoms. The Balaban J connectivity index is 2.13. The number of benzene rings is 1. The Hall–Kier alpha value is -1.51. The summed E-state index contributed by atoms with van der Waals surface area (Å²) >= 11 is 0. The van der Waals surface area contributed by atoms with Crippen LogP contribution in [0.3, 0.4) is 0 Å². The van der Waals surface area contributed by atoms with Crippen molar-refractivity contribution in [3.8, 4) is 11.5 Å². The van der Waals surface area contributed by atoms with Gasteiger partial charge in [-0.05, 0) is 31.4 Å². The molecule has 0 spiro atoms. The lowest BCUT2D eigenvalue weighted by Gasteiger charge is -2.27. The quantitative estimate of drug-likeness (QED) is 0.704. The van der Waals surface area contributed by atoms with E-state index in [2.05, 4.69) is 0 Å². The summed E-state index contributed by atoms with van der Waals surface area (Å²) in [6.45, 7) is 0. The third-order valence-electron chi connectivity index (χ3n) is 3.32. The Morgan fingerprint density at radius 2 is 2.20 bits per heavy atom. The number of aromatic hydroxyl groups is 1. The van der Waals surface area contributed by atoms with Crippen molar-refractivity contribution in [1.82, 2.24) is 0 Å². The van der Waals surface area contributed by atoms with Crippen LogP contribution in [0.4, 0.5) is 0 Å². The summed E-state index contributed by atoms with van der Waals surface area (Å²) in [5, 5.41) is 9.65. The fourth-order valence-corrected chi connectivity index (χ4v) is 2.58. The molecule has 1 aliphatic carbocycles. The first kappa shape index (κ1) is 8.77. The molecule has 1 aliphatic heterocycles. The van der Waals surface area contributed by atoms with Gasteiger partial charge in [0.15, 0.2) is 5.78 Å². The van der Waals surface area contributed by atoms with Gasteiger partial charge in [0.1, 0.15) is 23.2 Å². The van der Waals surface area contributed by atoms with Crippen molar-refractivity contribution >= 4 is 5.78 Å². The highest BCUT2D eigenvalue weighted by Gasteiger charge is 2.41. The van der Waals surface area contributed by atoms with Crippen LogP contribution in [0, 0.1) is 5.92 Å². The number of hydrogen-bond donors (Lipinski definition) is 1. The lowest BCUT2D eigenvalue weighted by Crippen LogP contribution is -2.33. The Kier molecular flexibility index (Phi) is 1.75. The van der Waals surface area contributed by atoms with Crippen LogP contribution in [0.5, 0.6) is 11.5 Å². The zero-order valence-electron chi connectivity index (χ0n) is 8.27. The maximum absolute atomic E-state index is 12.1. The summed E-state index contributed by atoms with van der Waals surface area (Å²) in [4.78, 5) is 12.1. The summed E-state index contributed by atoms with van der Waals surface area (Å²) in [6.07, 6.45) is 2.91. The second kappa shape index (κ2) is 2.99. The second-order valence-corrected chi connectivity index (χ2v) is 4.21. The third-order valence-corrected chi connectivity index (χ3v) is 3.32. The first-order valence-electron chi connectivity index (χ1n) is 5.30. The zero-order chi connectivity index (χ0) is 10.4. The number of ether oxygens (including phenoxy) is 1. The molecule has 2 atom stereocenters. The van der Waals surface area contributed by atoms with Crippen molar-refractivity contribution < 1.29 is 14.6 Å². The number of phenols is 1. The van der Waals surface area contributed by atoms with E-state index in [1.165, 1.54) is 6.07 Å². The maximum Gasteiger partial charge on any atom is 0.177 e. The Labute approximate surface area is 87.7 Å².